The molecule has 17 heavy (non-hydrogen) atoms. The number of aliphatic carboxylic acids is 1. The lowest BCUT2D eigenvalue weighted by Crippen LogP contribution is -2.16. The molecule has 1 fully saturated rings. The van der Waals surface area contributed by atoms with Gasteiger partial charge in [-0.05, 0) is 25.3 Å². The Bertz CT molecular complexity index is 381. The third kappa shape index (κ3) is 2.87. The number of carboxylic acid groups (broad SMARTS) is 1. The number of hydrogen-bond acceptors (Lipinski definition) is 2. The molecule has 0 saturated heterocycles. The highest BCUT2D eigenvalue weighted by Crippen LogP contribution is 2.28. The topological polar surface area (TPSA) is 55.1 Å². The molecule has 0 aromatic carbocycles. The van der Waals surface area contributed by atoms with Crippen LogP contribution in [0.3, 0.4) is 0 Å². The minimum absolute atomic E-state index is 0.304. The Morgan fingerprint density at radius 1 is 1.59 bits per heavy atom. The maximum absolute atomic E-state index is 11.0. The first-order valence-corrected chi connectivity index (χ1v) is 6.47. The van der Waals surface area contributed by atoms with E-state index in [-0.39, 0.29) is 5.92 Å². The summed E-state index contributed by atoms with van der Waals surface area (Å²) < 4.78 is 2.02. The number of aromatic nitrogens is 2. The molecule has 1 heterocycles. The number of hydrogen-bond donors (Lipinski definition) is 1. The van der Waals surface area contributed by atoms with E-state index < -0.39 is 5.97 Å². The van der Waals surface area contributed by atoms with Crippen LogP contribution in [0.5, 0.6) is 0 Å². The molecule has 1 aromatic heterocycles. The third-order valence-corrected chi connectivity index (χ3v) is 3.66. The summed E-state index contributed by atoms with van der Waals surface area (Å²) in [6.45, 7) is 1.91. The largest absolute Gasteiger partial charge is 0.481 e. The van der Waals surface area contributed by atoms with E-state index in [0.29, 0.717) is 18.9 Å². The fourth-order valence-corrected chi connectivity index (χ4v) is 2.52. The summed E-state index contributed by atoms with van der Waals surface area (Å²) in [7, 11) is 0. The first kappa shape index (κ1) is 12.1. The van der Waals surface area contributed by atoms with E-state index in [4.69, 9.17) is 5.11 Å². The van der Waals surface area contributed by atoms with Gasteiger partial charge >= 0.3 is 5.97 Å². The van der Waals surface area contributed by atoms with Gasteiger partial charge in [-0.1, -0.05) is 19.8 Å². The van der Waals surface area contributed by atoms with Crippen molar-refractivity contribution < 1.29 is 9.90 Å². The van der Waals surface area contributed by atoms with Crippen molar-refractivity contribution in [2.75, 3.05) is 0 Å². The molecular formula is C13H20N2O2. The zero-order chi connectivity index (χ0) is 12.3. The second-order valence-corrected chi connectivity index (χ2v) is 4.87. The van der Waals surface area contributed by atoms with Crippen LogP contribution >= 0.6 is 0 Å². The molecule has 94 valence electrons. The molecule has 1 aliphatic carbocycles. The fraction of sp³-hybridized carbons (Fsp3) is 0.692. The Morgan fingerprint density at radius 2 is 2.29 bits per heavy atom. The predicted molar refractivity (Wildman–Crippen MR) is 64.9 cm³/mol. The summed E-state index contributed by atoms with van der Waals surface area (Å²) in [5, 5.41) is 13.5. The molecule has 2 rings (SSSR count). The Kier molecular flexibility index (Phi) is 3.82. The standard InChI is InChI=1S/C13H20N2O2/c1-2-10(13(16)17)9-11-7-8-15(14-11)12-5-3-4-6-12/h7-8,10,12H,2-6,9H2,1H3,(H,16,17). The molecule has 1 saturated carbocycles. The minimum atomic E-state index is -0.720. The highest BCUT2D eigenvalue weighted by molar-refractivity contribution is 5.70. The van der Waals surface area contributed by atoms with Gasteiger partial charge in [0.25, 0.3) is 0 Å². The average molecular weight is 236 g/mol. The summed E-state index contributed by atoms with van der Waals surface area (Å²) in [4.78, 5) is 11.0. The van der Waals surface area contributed by atoms with Gasteiger partial charge in [0.1, 0.15) is 0 Å². The molecule has 0 radical (unpaired) electrons. The van der Waals surface area contributed by atoms with E-state index in [1.807, 2.05) is 23.9 Å². The molecular weight excluding hydrogens is 216 g/mol. The summed E-state index contributed by atoms with van der Waals surface area (Å²) in [6, 6.07) is 2.50. The van der Waals surface area contributed by atoms with Gasteiger partial charge in [0.2, 0.25) is 0 Å². The van der Waals surface area contributed by atoms with Gasteiger partial charge in [-0.3, -0.25) is 9.48 Å². The molecule has 1 aromatic rings. The lowest BCUT2D eigenvalue weighted by molar-refractivity contribution is -0.141. The Morgan fingerprint density at radius 3 is 2.88 bits per heavy atom. The van der Waals surface area contributed by atoms with Crippen molar-refractivity contribution in [3.05, 3.63) is 18.0 Å². The summed E-state index contributed by atoms with van der Waals surface area (Å²) >= 11 is 0. The van der Waals surface area contributed by atoms with Crippen molar-refractivity contribution in [2.24, 2.45) is 5.92 Å². The van der Waals surface area contributed by atoms with Crippen molar-refractivity contribution in [1.82, 2.24) is 9.78 Å². The first-order valence-electron chi connectivity index (χ1n) is 6.47. The van der Waals surface area contributed by atoms with Crippen LogP contribution in [0.4, 0.5) is 0 Å². The van der Waals surface area contributed by atoms with Crippen LogP contribution in [-0.2, 0) is 11.2 Å². The Labute approximate surface area is 102 Å². The maximum Gasteiger partial charge on any atom is 0.306 e. The molecule has 4 nitrogen and oxygen atoms in total. The molecule has 4 heteroatoms. The number of carboxylic acids is 1. The molecule has 1 unspecified atom stereocenters. The van der Waals surface area contributed by atoms with Crippen LogP contribution in [0.25, 0.3) is 0 Å². The molecule has 0 bridgehead atoms. The van der Waals surface area contributed by atoms with Crippen LogP contribution in [-0.4, -0.2) is 20.9 Å². The molecule has 1 atom stereocenters. The molecule has 1 aliphatic rings. The summed E-state index contributed by atoms with van der Waals surface area (Å²) in [5.41, 5.74) is 0.908. The lowest BCUT2D eigenvalue weighted by Gasteiger charge is -2.10. The van der Waals surface area contributed by atoms with E-state index >= 15 is 0 Å². The number of rotatable bonds is 5. The normalized spacial score (nSPS) is 18.4. The third-order valence-electron chi connectivity index (χ3n) is 3.66. The predicted octanol–water partition coefficient (Wildman–Crippen LogP) is 2.65. The van der Waals surface area contributed by atoms with Gasteiger partial charge in [0.15, 0.2) is 0 Å². The number of carbonyl (C=O) groups is 1. The maximum atomic E-state index is 11.0. The van der Waals surface area contributed by atoms with E-state index in [1.165, 1.54) is 25.7 Å². The average Bonchev–Trinajstić information content (AvgIpc) is 2.95. The molecule has 0 amide bonds. The summed E-state index contributed by atoms with van der Waals surface area (Å²) in [5.74, 6) is -1.02. The van der Waals surface area contributed by atoms with Crippen molar-refractivity contribution in [2.45, 2.75) is 51.5 Å². The SMILES string of the molecule is CCC(Cc1ccn(C2CCCC2)n1)C(=O)O. The van der Waals surface area contributed by atoms with E-state index in [1.54, 1.807) is 0 Å². The van der Waals surface area contributed by atoms with Crippen molar-refractivity contribution >= 4 is 5.97 Å². The zero-order valence-corrected chi connectivity index (χ0v) is 10.3. The van der Waals surface area contributed by atoms with E-state index in [0.717, 1.165) is 5.69 Å². The quantitative estimate of drug-likeness (QED) is 0.855. The smallest absolute Gasteiger partial charge is 0.306 e. The van der Waals surface area contributed by atoms with Crippen LogP contribution in [0.15, 0.2) is 12.3 Å². The fourth-order valence-electron chi connectivity index (χ4n) is 2.52. The Hall–Kier alpha value is -1.32. The first-order chi connectivity index (χ1) is 8.20. The Balaban J connectivity index is 2.00. The monoisotopic (exact) mass is 236 g/mol. The van der Waals surface area contributed by atoms with Gasteiger partial charge in [0, 0.05) is 12.6 Å². The van der Waals surface area contributed by atoms with Gasteiger partial charge in [-0.2, -0.15) is 5.10 Å². The van der Waals surface area contributed by atoms with E-state index in [2.05, 4.69) is 5.10 Å². The van der Waals surface area contributed by atoms with Gasteiger partial charge in [-0.25, -0.2) is 0 Å². The van der Waals surface area contributed by atoms with Crippen molar-refractivity contribution in [3.63, 3.8) is 0 Å². The van der Waals surface area contributed by atoms with Gasteiger partial charge in [-0.15, -0.1) is 0 Å². The second-order valence-electron chi connectivity index (χ2n) is 4.87. The van der Waals surface area contributed by atoms with Crippen LogP contribution in [0, 0.1) is 5.92 Å². The van der Waals surface area contributed by atoms with Crippen molar-refractivity contribution in [1.29, 1.82) is 0 Å². The molecule has 1 N–H and O–H groups in total. The van der Waals surface area contributed by atoms with Gasteiger partial charge in [0.05, 0.1) is 17.7 Å². The van der Waals surface area contributed by atoms with Crippen LogP contribution in [0.2, 0.25) is 0 Å². The lowest BCUT2D eigenvalue weighted by atomic mass is 10.0. The van der Waals surface area contributed by atoms with Gasteiger partial charge < -0.3 is 5.11 Å². The van der Waals surface area contributed by atoms with Crippen LogP contribution in [0.1, 0.15) is 50.8 Å². The highest BCUT2D eigenvalue weighted by Gasteiger charge is 2.20. The zero-order valence-electron chi connectivity index (χ0n) is 10.3. The second kappa shape index (κ2) is 5.34. The molecule has 0 aliphatic heterocycles. The van der Waals surface area contributed by atoms with E-state index in [9.17, 15) is 4.79 Å². The van der Waals surface area contributed by atoms with Crippen LogP contribution < -0.4 is 0 Å². The van der Waals surface area contributed by atoms with Crippen molar-refractivity contribution in [3.8, 4) is 0 Å². The number of nitrogens with zero attached hydrogens (tertiary/aromatic N) is 2. The molecule has 0 spiro atoms. The minimum Gasteiger partial charge on any atom is -0.481 e. The highest BCUT2D eigenvalue weighted by atomic mass is 16.4. The summed E-state index contributed by atoms with van der Waals surface area (Å²) in [6.07, 6.45) is 8.19.